The molecule has 1 heterocycles. The van der Waals surface area contributed by atoms with Crippen LogP contribution >= 0.6 is 46.1 Å². The first-order valence-corrected chi connectivity index (χ1v) is 10.7. The van der Waals surface area contributed by atoms with Gasteiger partial charge in [-0.3, -0.25) is 4.72 Å². The highest BCUT2D eigenvalue weighted by molar-refractivity contribution is 7.93. The quantitative estimate of drug-likeness (QED) is 0.485. The van der Waals surface area contributed by atoms with E-state index in [9.17, 15) is 12.8 Å². The molecule has 0 bridgehead atoms. The fourth-order valence-electron chi connectivity index (χ4n) is 2.52. The molecule has 2 aromatic carbocycles. The molecule has 0 fully saturated rings. The summed E-state index contributed by atoms with van der Waals surface area (Å²) in [5.41, 5.74) is 0.754. The van der Waals surface area contributed by atoms with Gasteiger partial charge in [-0.2, -0.15) is 0 Å². The molecule has 1 aromatic heterocycles. The third-order valence-corrected chi connectivity index (χ3v) is 7.01. The van der Waals surface area contributed by atoms with Gasteiger partial charge in [-0.1, -0.05) is 40.9 Å². The van der Waals surface area contributed by atoms with Gasteiger partial charge in [0.1, 0.15) is 10.7 Å². The van der Waals surface area contributed by atoms with Gasteiger partial charge in [0.05, 0.1) is 20.6 Å². The lowest BCUT2D eigenvalue weighted by molar-refractivity contribution is 0.600. The normalized spacial score (nSPS) is 11.6. The molecular weight excluding hydrogens is 440 g/mol. The lowest BCUT2D eigenvalue weighted by Gasteiger charge is -2.13. The molecule has 0 aliphatic carbocycles. The van der Waals surface area contributed by atoms with Crippen LogP contribution in [0.1, 0.15) is 5.56 Å². The number of anilines is 1. The Kier molecular flexibility index (Phi) is 5.51. The summed E-state index contributed by atoms with van der Waals surface area (Å²) in [5.74, 6) is -0.541. The maximum absolute atomic E-state index is 14.2. The Morgan fingerprint density at radius 3 is 2.46 bits per heavy atom. The van der Waals surface area contributed by atoms with E-state index < -0.39 is 15.8 Å². The molecule has 0 amide bonds. The van der Waals surface area contributed by atoms with Crippen LogP contribution in [0.2, 0.25) is 15.1 Å². The van der Waals surface area contributed by atoms with Crippen molar-refractivity contribution in [3.8, 4) is 10.4 Å². The molecule has 0 unspecified atom stereocenters. The number of nitrogens with one attached hydrogen (secondary N) is 1. The number of aryl methyl sites for hydroxylation is 1. The minimum atomic E-state index is -4.02. The van der Waals surface area contributed by atoms with Crippen LogP contribution in [-0.2, 0) is 10.0 Å². The summed E-state index contributed by atoms with van der Waals surface area (Å²) in [5, 5.41) is 2.17. The Morgan fingerprint density at radius 1 is 1.08 bits per heavy atom. The maximum Gasteiger partial charge on any atom is 0.263 e. The molecule has 0 aliphatic heterocycles. The van der Waals surface area contributed by atoms with Crippen molar-refractivity contribution in [2.24, 2.45) is 0 Å². The summed E-state index contributed by atoms with van der Waals surface area (Å²) in [4.78, 5) is 0.291. The van der Waals surface area contributed by atoms with Gasteiger partial charge >= 0.3 is 0 Å². The SMILES string of the molecule is Cc1cc(Cl)cc(Cl)c1S(=O)(=O)Nc1ccsc1-c1c(F)cccc1Cl. The van der Waals surface area contributed by atoms with Crippen LogP contribution in [0.5, 0.6) is 0 Å². The van der Waals surface area contributed by atoms with Crippen LogP contribution in [0.4, 0.5) is 10.1 Å². The number of hydrogen-bond acceptors (Lipinski definition) is 3. The van der Waals surface area contributed by atoms with Crippen LogP contribution in [0.25, 0.3) is 10.4 Å². The Bertz CT molecular complexity index is 1050. The third-order valence-electron chi connectivity index (χ3n) is 3.56. The molecule has 3 nitrogen and oxygen atoms in total. The van der Waals surface area contributed by atoms with Crippen molar-refractivity contribution in [3.63, 3.8) is 0 Å². The maximum atomic E-state index is 14.2. The van der Waals surface area contributed by atoms with Crippen molar-refractivity contribution in [1.82, 2.24) is 0 Å². The first kappa shape index (κ1) is 19.5. The largest absolute Gasteiger partial charge is 0.278 e. The molecule has 3 aromatic rings. The fourth-order valence-corrected chi connectivity index (χ4v) is 6.07. The van der Waals surface area contributed by atoms with Crippen molar-refractivity contribution < 1.29 is 12.8 Å². The highest BCUT2D eigenvalue weighted by Crippen LogP contribution is 2.41. The summed E-state index contributed by atoms with van der Waals surface area (Å²) in [6.07, 6.45) is 0. The van der Waals surface area contributed by atoms with E-state index in [0.717, 1.165) is 0 Å². The summed E-state index contributed by atoms with van der Waals surface area (Å²) in [6, 6.07) is 8.68. The monoisotopic (exact) mass is 449 g/mol. The highest BCUT2D eigenvalue weighted by atomic mass is 35.5. The van der Waals surface area contributed by atoms with E-state index in [0.29, 0.717) is 15.5 Å². The lowest BCUT2D eigenvalue weighted by atomic mass is 10.1. The Labute approximate surface area is 169 Å². The van der Waals surface area contributed by atoms with Gasteiger partial charge in [0, 0.05) is 10.6 Å². The molecule has 0 saturated carbocycles. The second-order valence-electron chi connectivity index (χ2n) is 5.40. The molecule has 9 heteroatoms. The van der Waals surface area contributed by atoms with Gasteiger partial charge in [0.2, 0.25) is 0 Å². The summed E-state index contributed by atoms with van der Waals surface area (Å²) in [7, 11) is -4.02. The van der Waals surface area contributed by atoms with Gasteiger partial charge in [-0.25, -0.2) is 12.8 Å². The van der Waals surface area contributed by atoms with Gasteiger partial charge < -0.3 is 0 Å². The summed E-state index contributed by atoms with van der Waals surface area (Å²) < 4.78 is 42.4. The van der Waals surface area contributed by atoms with E-state index in [2.05, 4.69) is 4.72 Å². The van der Waals surface area contributed by atoms with E-state index in [1.54, 1.807) is 18.4 Å². The number of sulfonamides is 1. The average Bonchev–Trinajstić information content (AvgIpc) is 2.92. The Morgan fingerprint density at radius 2 is 1.81 bits per heavy atom. The first-order valence-electron chi connectivity index (χ1n) is 7.21. The standard InChI is InChI=1S/C17H11Cl3FNO2S2/c1-9-7-10(18)8-12(20)17(9)26(23,24)22-14-5-6-25-16(14)15-11(19)3-2-4-13(15)21/h2-8,22H,1H3. The molecule has 0 spiro atoms. The zero-order valence-corrected chi connectivity index (χ0v) is 17.1. The molecule has 0 aliphatic rings. The average molecular weight is 451 g/mol. The molecule has 136 valence electrons. The van der Waals surface area contributed by atoms with Crippen molar-refractivity contribution in [3.05, 3.63) is 68.2 Å². The van der Waals surface area contributed by atoms with Crippen LogP contribution in [-0.4, -0.2) is 8.42 Å². The van der Waals surface area contributed by atoms with Crippen LogP contribution in [0.3, 0.4) is 0 Å². The minimum absolute atomic E-state index is 0.00297. The topological polar surface area (TPSA) is 46.2 Å². The molecule has 3 rings (SSSR count). The van der Waals surface area contributed by atoms with Crippen molar-refractivity contribution in [1.29, 1.82) is 0 Å². The van der Waals surface area contributed by atoms with E-state index in [4.69, 9.17) is 34.8 Å². The van der Waals surface area contributed by atoms with E-state index in [1.807, 2.05) is 0 Å². The Hall–Kier alpha value is -1.31. The van der Waals surface area contributed by atoms with Gasteiger partial charge in [-0.15, -0.1) is 11.3 Å². The number of halogens is 4. The molecule has 26 heavy (non-hydrogen) atoms. The molecule has 0 radical (unpaired) electrons. The molecule has 0 saturated heterocycles. The van der Waals surface area contributed by atoms with Crippen molar-refractivity contribution in [2.75, 3.05) is 4.72 Å². The van der Waals surface area contributed by atoms with Crippen molar-refractivity contribution >= 4 is 61.9 Å². The zero-order chi connectivity index (χ0) is 19.1. The van der Waals surface area contributed by atoms with E-state index >= 15 is 0 Å². The van der Waals surface area contributed by atoms with Crippen LogP contribution in [0, 0.1) is 12.7 Å². The minimum Gasteiger partial charge on any atom is -0.278 e. The molecule has 1 N–H and O–H groups in total. The lowest BCUT2D eigenvalue weighted by Crippen LogP contribution is -2.15. The predicted octanol–water partition coefficient (Wildman–Crippen LogP) is 6.62. The Balaban J connectivity index is 2.08. The number of hydrogen-bond donors (Lipinski definition) is 1. The van der Waals surface area contributed by atoms with Gasteiger partial charge in [-0.05, 0) is 48.2 Å². The number of benzene rings is 2. The third kappa shape index (κ3) is 3.70. The predicted molar refractivity (Wildman–Crippen MR) is 107 cm³/mol. The number of thiophene rings is 1. The number of rotatable bonds is 4. The second-order valence-corrected chi connectivity index (χ2v) is 9.19. The van der Waals surface area contributed by atoms with E-state index in [-0.39, 0.29) is 26.2 Å². The van der Waals surface area contributed by atoms with Crippen LogP contribution in [0.15, 0.2) is 46.7 Å². The molecular formula is C17H11Cl3FNO2S2. The van der Waals surface area contributed by atoms with Gasteiger partial charge in [0.15, 0.2) is 0 Å². The van der Waals surface area contributed by atoms with Crippen molar-refractivity contribution in [2.45, 2.75) is 11.8 Å². The zero-order valence-electron chi connectivity index (χ0n) is 13.2. The highest BCUT2D eigenvalue weighted by Gasteiger charge is 2.24. The summed E-state index contributed by atoms with van der Waals surface area (Å²) in [6.45, 7) is 1.59. The first-order chi connectivity index (χ1) is 12.2. The fraction of sp³-hybridized carbons (Fsp3) is 0.0588. The smallest absolute Gasteiger partial charge is 0.263 e. The van der Waals surface area contributed by atoms with Gasteiger partial charge in [0.25, 0.3) is 10.0 Å². The second kappa shape index (κ2) is 7.37. The molecule has 0 atom stereocenters. The summed E-state index contributed by atoms with van der Waals surface area (Å²) >= 11 is 19.3. The van der Waals surface area contributed by atoms with Crippen LogP contribution < -0.4 is 4.72 Å². The van der Waals surface area contributed by atoms with E-state index in [1.165, 1.54) is 41.7 Å².